The van der Waals surface area contributed by atoms with Gasteiger partial charge in [-0.25, -0.2) is 0 Å². The van der Waals surface area contributed by atoms with Gasteiger partial charge < -0.3 is 10.2 Å². The van der Waals surface area contributed by atoms with Gasteiger partial charge in [0.1, 0.15) is 6.04 Å². The van der Waals surface area contributed by atoms with Crippen LogP contribution in [0.5, 0.6) is 0 Å². The molecular weight excluding hydrogens is 240 g/mol. The first-order valence-corrected chi connectivity index (χ1v) is 6.69. The quantitative estimate of drug-likeness (QED) is 0.852. The number of hydrogen-bond donors (Lipinski definition) is 1. The minimum Gasteiger partial charge on any atom is -0.357 e. The molecular formula is C15H22N2O2. The van der Waals surface area contributed by atoms with E-state index in [-0.39, 0.29) is 11.8 Å². The third-order valence-electron chi connectivity index (χ3n) is 3.13. The fourth-order valence-corrected chi connectivity index (χ4v) is 2.07. The molecule has 0 saturated heterocycles. The van der Waals surface area contributed by atoms with Crippen LogP contribution in [0, 0.1) is 0 Å². The number of carbonyl (C=O) groups is 2. The van der Waals surface area contributed by atoms with Crippen molar-refractivity contribution in [1.29, 1.82) is 0 Å². The molecule has 1 N–H and O–H groups in total. The summed E-state index contributed by atoms with van der Waals surface area (Å²) in [6, 6.07) is 9.33. The Labute approximate surface area is 114 Å². The van der Waals surface area contributed by atoms with Crippen molar-refractivity contribution in [3.8, 4) is 0 Å². The number of nitrogens with zero attached hydrogens (tertiary/aromatic N) is 1. The fraction of sp³-hybridized carbons (Fsp3) is 0.467. The maximum Gasteiger partial charge on any atom is 0.242 e. The van der Waals surface area contributed by atoms with Crippen molar-refractivity contribution in [2.75, 3.05) is 7.05 Å². The van der Waals surface area contributed by atoms with Gasteiger partial charge in [-0.05, 0) is 12.0 Å². The number of carbonyl (C=O) groups excluding carboxylic acids is 2. The van der Waals surface area contributed by atoms with Crippen molar-refractivity contribution < 1.29 is 9.59 Å². The van der Waals surface area contributed by atoms with Gasteiger partial charge in [-0.15, -0.1) is 0 Å². The topological polar surface area (TPSA) is 49.4 Å². The van der Waals surface area contributed by atoms with Crippen LogP contribution in [-0.2, 0) is 16.1 Å². The molecule has 0 heterocycles. The Morgan fingerprint density at radius 1 is 1.21 bits per heavy atom. The molecule has 0 fully saturated rings. The third-order valence-corrected chi connectivity index (χ3v) is 3.13. The molecule has 0 unspecified atom stereocenters. The molecule has 0 radical (unpaired) electrons. The van der Waals surface area contributed by atoms with E-state index >= 15 is 0 Å². The molecule has 0 aliphatic carbocycles. The lowest BCUT2D eigenvalue weighted by atomic mass is 10.1. The van der Waals surface area contributed by atoms with E-state index in [1.807, 2.05) is 44.2 Å². The van der Waals surface area contributed by atoms with Crippen LogP contribution in [0.3, 0.4) is 0 Å². The summed E-state index contributed by atoms with van der Waals surface area (Å²) in [5.41, 5.74) is 1.03. The molecule has 0 aromatic heterocycles. The zero-order valence-electron chi connectivity index (χ0n) is 11.8. The Morgan fingerprint density at radius 2 is 1.84 bits per heavy atom. The van der Waals surface area contributed by atoms with Crippen LogP contribution in [0.25, 0.3) is 0 Å². The van der Waals surface area contributed by atoms with Crippen LogP contribution < -0.4 is 5.32 Å². The number of amides is 2. The average molecular weight is 262 g/mol. The maximum absolute atomic E-state index is 12.1. The van der Waals surface area contributed by atoms with E-state index in [1.165, 1.54) is 0 Å². The van der Waals surface area contributed by atoms with Gasteiger partial charge in [-0.3, -0.25) is 9.59 Å². The molecule has 1 aromatic carbocycles. The van der Waals surface area contributed by atoms with Gasteiger partial charge >= 0.3 is 0 Å². The Bertz CT molecular complexity index is 417. The zero-order valence-corrected chi connectivity index (χ0v) is 11.8. The largest absolute Gasteiger partial charge is 0.357 e. The summed E-state index contributed by atoms with van der Waals surface area (Å²) in [5, 5.41) is 2.63. The summed E-state index contributed by atoms with van der Waals surface area (Å²) >= 11 is 0. The number of likely N-dealkylation sites (N-methyl/N-ethyl adjacent to an activating group) is 1. The van der Waals surface area contributed by atoms with Gasteiger partial charge in [0.25, 0.3) is 0 Å². The van der Waals surface area contributed by atoms with Crippen molar-refractivity contribution >= 4 is 11.8 Å². The molecule has 19 heavy (non-hydrogen) atoms. The second-order valence-electron chi connectivity index (χ2n) is 4.40. The highest BCUT2D eigenvalue weighted by atomic mass is 16.2. The molecule has 0 aliphatic heterocycles. The Balaban J connectivity index is 2.94. The Hall–Kier alpha value is -1.84. The molecule has 104 valence electrons. The van der Waals surface area contributed by atoms with E-state index in [0.29, 0.717) is 19.4 Å². The highest BCUT2D eigenvalue weighted by Crippen LogP contribution is 2.13. The number of nitrogens with one attached hydrogen (secondary N) is 1. The smallest absolute Gasteiger partial charge is 0.242 e. The summed E-state index contributed by atoms with van der Waals surface area (Å²) < 4.78 is 0. The summed E-state index contributed by atoms with van der Waals surface area (Å²) in [5.74, 6) is -0.112. The second-order valence-corrected chi connectivity index (χ2v) is 4.40. The molecule has 1 aromatic rings. The van der Waals surface area contributed by atoms with E-state index in [0.717, 1.165) is 5.56 Å². The predicted molar refractivity (Wildman–Crippen MR) is 75.4 cm³/mol. The average Bonchev–Trinajstić information content (AvgIpc) is 2.46. The molecule has 1 atom stereocenters. The molecule has 0 spiro atoms. The van der Waals surface area contributed by atoms with Crippen LogP contribution in [0.2, 0.25) is 0 Å². The molecule has 4 heteroatoms. The van der Waals surface area contributed by atoms with Crippen LogP contribution in [0.1, 0.15) is 32.3 Å². The van der Waals surface area contributed by atoms with Gasteiger partial charge in [-0.2, -0.15) is 0 Å². The van der Waals surface area contributed by atoms with Crippen molar-refractivity contribution in [2.24, 2.45) is 0 Å². The van der Waals surface area contributed by atoms with Crippen LogP contribution in [0.4, 0.5) is 0 Å². The molecule has 0 bridgehead atoms. The monoisotopic (exact) mass is 262 g/mol. The molecule has 0 aliphatic rings. The van der Waals surface area contributed by atoms with Crippen molar-refractivity contribution in [2.45, 2.75) is 39.3 Å². The highest BCUT2D eigenvalue weighted by molar-refractivity contribution is 5.87. The molecule has 0 saturated carbocycles. The fourth-order valence-electron chi connectivity index (χ4n) is 2.07. The predicted octanol–water partition coefficient (Wildman–Crippen LogP) is 1.95. The summed E-state index contributed by atoms with van der Waals surface area (Å²) in [6.07, 6.45) is 1.01. The van der Waals surface area contributed by atoms with E-state index in [4.69, 9.17) is 0 Å². The van der Waals surface area contributed by atoms with Gasteiger partial charge in [0.15, 0.2) is 0 Å². The minimum absolute atomic E-state index is 0.000645. The van der Waals surface area contributed by atoms with Gasteiger partial charge in [0.05, 0.1) is 0 Å². The second kappa shape index (κ2) is 7.56. The molecule has 2 amide bonds. The lowest BCUT2D eigenvalue weighted by Gasteiger charge is -2.30. The first-order valence-electron chi connectivity index (χ1n) is 6.69. The molecule has 1 rings (SSSR count). The first kappa shape index (κ1) is 15.2. The standard InChI is InChI=1S/C15H22N2O2/c1-4-13(15(19)16-3)17(14(18)5-2)11-12-9-7-6-8-10-12/h6-10,13H,4-5,11H2,1-3H3,(H,16,19)/t13-/m1/s1. The normalized spacial score (nSPS) is 11.7. The van der Waals surface area contributed by atoms with Gasteiger partial charge in [0, 0.05) is 20.0 Å². The summed E-state index contributed by atoms with van der Waals surface area (Å²) in [6.45, 7) is 4.21. The Morgan fingerprint density at radius 3 is 2.32 bits per heavy atom. The van der Waals surface area contributed by atoms with E-state index in [9.17, 15) is 9.59 Å². The van der Waals surface area contributed by atoms with Crippen LogP contribution in [-0.4, -0.2) is 29.8 Å². The zero-order chi connectivity index (χ0) is 14.3. The van der Waals surface area contributed by atoms with Gasteiger partial charge in [0.2, 0.25) is 11.8 Å². The van der Waals surface area contributed by atoms with Gasteiger partial charge in [-0.1, -0.05) is 44.2 Å². The van der Waals surface area contributed by atoms with E-state index in [2.05, 4.69) is 5.32 Å². The van der Waals surface area contributed by atoms with Crippen molar-refractivity contribution in [3.05, 3.63) is 35.9 Å². The van der Waals surface area contributed by atoms with Crippen molar-refractivity contribution in [3.63, 3.8) is 0 Å². The summed E-state index contributed by atoms with van der Waals surface area (Å²) in [7, 11) is 1.60. The SMILES string of the molecule is CCC(=O)N(Cc1ccccc1)[C@H](CC)C(=O)NC. The van der Waals surface area contributed by atoms with Crippen LogP contribution in [0.15, 0.2) is 30.3 Å². The minimum atomic E-state index is -0.405. The van der Waals surface area contributed by atoms with Crippen LogP contribution >= 0.6 is 0 Å². The third kappa shape index (κ3) is 4.09. The lowest BCUT2D eigenvalue weighted by molar-refractivity contribution is -0.141. The molecule has 4 nitrogen and oxygen atoms in total. The number of rotatable bonds is 6. The number of benzene rings is 1. The Kier molecular flexibility index (Phi) is 6.06. The number of hydrogen-bond acceptors (Lipinski definition) is 2. The maximum atomic E-state index is 12.1. The highest BCUT2D eigenvalue weighted by Gasteiger charge is 2.26. The van der Waals surface area contributed by atoms with E-state index < -0.39 is 6.04 Å². The first-order chi connectivity index (χ1) is 9.13. The lowest BCUT2D eigenvalue weighted by Crippen LogP contribution is -2.47. The summed E-state index contributed by atoms with van der Waals surface area (Å²) in [4.78, 5) is 25.6. The van der Waals surface area contributed by atoms with Crippen molar-refractivity contribution in [1.82, 2.24) is 10.2 Å². The van der Waals surface area contributed by atoms with E-state index in [1.54, 1.807) is 11.9 Å².